The fraction of sp³-hybridized carbons (Fsp3) is 0.500. The van der Waals surface area contributed by atoms with E-state index in [9.17, 15) is 19.2 Å². The molecule has 5 aromatic rings. The molecule has 6 heterocycles. The van der Waals surface area contributed by atoms with Crippen molar-refractivity contribution in [3.63, 3.8) is 0 Å². The van der Waals surface area contributed by atoms with Crippen LogP contribution in [0.2, 0.25) is 0 Å². The Morgan fingerprint density at radius 3 is 1.98 bits per heavy atom. The van der Waals surface area contributed by atoms with Crippen LogP contribution in [-0.4, -0.2) is 105 Å². The summed E-state index contributed by atoms with van der Waals surface area (Å²) in [4.78, 5) is 77.1. The Morgan fingerprint density at radius 2 is 1.39 bits per heavy atom. The highest BCUT2D eigenvalue weighted by Crippen LogP contribution is 2.52. The second-order valence-electron chi connectivity index (χ2n) is 18.0. The zero-order valence-electron chi connectivity index (χ0n) is 38.3. The predicted molar refractivity (Wildman–Crippen MR) is 247 cm³/mol. The minimum absolute atomic E-state index is 0.111. The first-order chi connectivity index (χ1) is 30.7. The Morgan fingerprint density at radius 1 is 0.797 bits per heavy atom. The standard InChI is InChI=1S/C48H61N9O6S/c1-10-34-40-29(28-15-18-31-32(23-28)51-44(50-31)36-14-12-22-57(36)46(59)42(26(4)5)54-48(61)63-9)16-17-30(39(40)27(6)55(34)7)37-19-20-38(64-37)33-24-49-43(52-33)35-13-11-21-56(35)45(58)41(25(2)3)53-47(60)62-8/h15-20,23-27,34-36,41-42H,10-14,21-22H2,1-9H3,(H,49,52)(H,50,51)(H,53,60)(H,54,61)/t27?,34?,35-,36-,41-,42-/m0/s1. The molecule has 2 saturated heterocycles. The van der Waals surface area contributed by atoms with E-state index in [0.29, 0.717) is 13.1 Å². The van der Waals surface area contributed by atoms with Gasteiger partial charge in [0.25, 0.3) is 0 Å². The number of nitrogens with zero attached hydrogens (tertiary/aromatic N) is 5. The number of nitrogens with one attached hydrogen (secondary N) is 4. The minimum atomic E-state index is -0.699. The molecule has 3 aliphatic rings. The lowest BCUT2D eigenvalue weighted by Gasteiger charge is -2.30. The molecule has 0 bridgehead atoms. The van der Waals surface area contributed by atoms with Crippen LogP contribution >= 0.6 is 11.3 Å². The van der Waals surface area contributed by atoms with Crippen molar-refractivity contribution in [2.75, 3.05) is 34.4 Å². The minimum Gasteiger partial charge on any atom is -0.453 e. The summed E-state index contributed by atoms with van der Waals surface area (Å²) < 4.78 is 9.63. The van der Waals surface area contributed by atoms with Crippen LogP contribution in [0.4, 0.5) is 9.59 Å². The number of methoxy groups -OCH3 is 2. The van der Waals surface area contributed by atoms with Gasteiger partial charge in [-0.1, -0.05) is 52.8 Å². The van der Waals surface area contributed by atoms with Gasteiger partial charge in [-0.25, -0.2) is 19.6 Å². The molecule has 3 aliphatic heterocycles. The van der Waals surface area contributed by atoms with Crippen molar-refractivity contribution in [1.82, 2.24) is 45.3 Å². The maximum atomic E-state index is 13.8. The quantitative estimate of drug-likeness (QED) is 0.0953. The molecule has 2 unspecified atom stereocenters. The third kappa shape index (κ3) is 8.26. The molecule has 8 rings (SSSR count). The lowest BCUT2D eigenvalue weighted by molar-refractivity contribution is -0.136. The van der Waals surface area contributed by atoms with Gasteiger partial charge in [0.2, 0.25) is 11.8 Å². The van der Waals surface area contributed by atoms with Crippen LogP contribution in [0, 0.1) is 11.8 Å². The number of fused-ring (bicyclic) bond motifs is 2. The van der Waals surface area contributed by atoms with Gasteiger partial charge in [0, 0.05) is 30.1 Å². The van der Waals surface area contributed by atoms with E-state index in [-0.39, 0.29) is 47.8 Å². The molecule has 0 spiro atoms. The third-order valence-electron chi connectivity index (χ3n) is 13.6. The highest BCUT2D eigenvalue weighted by Gasteiger charge is 2.40. The number of H-pyrrole nitrogens is 2. The van der Waals surface area contributed by atoms with Gasteiger partial charge < -0.3 is 39.9 Å². The second kappa shape index (κ2) is 18.4. The Kier molecular flexibility index (Phi) is 12.9. The summed E-state index contributed by atoms with van der Waals surface area (Å²) in [6.45, 7) is 13.4. The van der Waals surface area contributed by atoms with Crippen molar-refractivity contribution in [2.24, 2.45) is 11.8 Å². The molecule has 0 radical (unpaired) electrons. The molecule has 0 aliphatic carbocycles. The molecule has 15 nitrogen and oxygen atoms in total. The summed E-state index contributed by atoms with van der Waals surface area (Å²) in [6.07, 6.45) is 4.83. The van der Waals surface area contributed by atoms with Crippen molar-refractivity contribution in [1.29, 1.82) is 0 Å². The number of hydrogen-bond donors (Lipinski definition) is 4. The van der Waals surface area contributed by atoms with E-state index >= 15 is 0 Å². The van der Waals surface area contributed by atoms with Crippen molar-refractivity contribution in [3.05, 3.63) is 71.4 Å². The molecular formula is C48H61N9O6S. The summed E-state index contributed by atoms with van der Waals surface area (Å²) in [5.41, 5.74) is 8.83. The van der Waals surface area contributed by atoms with E-state index < -0.39 is 24.3 Å². The topological polar surface area (TPSA) is 178 Å². The van der Waals surface area contributed by atoms with Crippen LogP contribution in [0.15, 0.2) is 48.7 Å². The number of carbonyl (C=O) groups excluding carboxylic acids is 4. The number of amides is 4. The Hall–Kier alpha value is -5.74. The molecule has 4 amide bonds. The number of carbonyl (C=O) groups is 4. The van der Waals surface area contributed by atoms with Crippen molar-refractivity contribution in [3.8, 4) is 32.1 Å². The predicted octanol–water partition coefficient (Wildman–Crippen LogP) is 8.89. The van der Waals surface area contributed by atoms with Gasteiger partial charge in [0.05, 0.1) is 54.1 Å². The summed E-state index contributed by atoms with van der Waals surface area (Å²) in [5, 5.41) is 5.47. The molecule has 2 fully saturated rings. The maximum absolute atomic E-state index is 13.8. The third-order valence-corrected chi connectivity index (χ3v) is 14.7. The van der Waals surface area contributed by atoms with Crippen molar-refractivity contribution in [2.45, 2.75) is 110 Å². The number of aromatic nitrogens is 4. The maximum Gasteiger partial charge on any atom is 0.407 e. The van der Waals surface area contributed by atoms with Gasteiger partial charge in [-0.2, -0.15) is 0 Å². The van der Waals surface area contributed by atoms with Crippen molar-refractivity contribution >= 4 is 46.4 Å². The van der Waals surface area contributed by atoms with E-state index in [0.717, 1.165) is 70.9 Å². The van der Waals surface area contributed by atoms with Crippen molar-refractivity contribution < 1.29 is 28.7 Å². The number of imidazole rings is 2. The van der Waals surface area contributed by atoms with Crippen LogP contribution in [0.1, 0.15) is 121 Å². The van der Waals surface area contributed by atoms with Crippen LogP contribution in [-0.2, 0) is 19.1 Å². The Balaban J connectivity index is 1.07. The first-order valence-electron chi connectivity index (χ1n) is 22.6. The number of hydrogen-bond acceptors (Lipinski definition) is 10. The van der Waals surface area contributed by atoms with E-state index in [1.807, 2.05) is 43.7 Å². The van der Waals surface area contributed by atoms with Crippen LogP contribution < -0.4 is 10.6 Å². The average molecular weight is 892 g/mol. The highest BCUT2D eigenvalue weighted by atomic mass is 32.1. The van der Waals surface area contributed by atoms with Gasteiger partial charge in [0.15, 0.2) is 0 Å². The zero-order chi connectivity index (χ0) is 45.6. The number of benzene rings is 2. The smallest absolute Gasteiger partial charge is 0.407 e. The molecule has 64 heavy (non-hydrogen) atoms. The van der Waals surface area contributed by atoms with Gasteiger partial charge in [-0.05, 0) is 110 Å². The number of aromatic amines is 2. The molecular weight excluding hydrogens is 831 g/mol. The zero-order valence-corrected chi connectivity index (χ0v) is 39.1. The van der Waals surface area contributed by atoms with Crippen LogP contribution in [0.25, 0.3) is 43.2 Å². The van der Waals surface area contributed by atoms with Gasteiger partial charge in [-0.15, -0.1) is 11.3 Å². The summed E-state index contributed by atoms with van der Waals surface area (Å²) >= 11 is 1.73. The SMILES string of the molecule is CCC1c2c(-c3ccc4nc([C@@H]5CCCN5C(=O)[C@@H](NC(=O)OC)C(C)C)[nH]c4c3)ccc(-c3ccc(-c4cnc([C@@H]5CCCN5C(=O)[C@@H](NC(=O)OC)C(C)C)[nH]4)s3)c2C(C)N1C. The number of likely N-dealkylation sites (tertiary alicyclic amines) is 2. The molecule has 3 aromatic heterocycles. The summed E-state index contributed by atoms with van der Waals surface area (Å²) in [6, 6.07) is 13.8. The summed E-state index contributed by atoms with van der Waals surface area (Å²) in [5.74, 6) is 0.999. The Bertz CT molecular complexity index is 2540. The molecule has 6 atom stereocenters. The first-order valence-corrected chi connectivity index (χ1v) is 23.4. The second-order valence-corrected chi connectivity index (χ2v) is 19.1. The summed E-state index contributed by atoms with van der Waals surface area (Å²) in [7, 11) is 4.82. The first kappa shape index (κ1) is 44.9. The Labute approximate surface area is 378 Å². The molecule has 16 heteroatoms. The normalized spacial score (nSPS) is 20.9. The molecule has 340 valence electrons. The average Bonchev–Trinajstić information content (AvgIpc) is 4.15. The lowest BCUT2D eigenvalue weighted by atomic mass is 9.87. The molecule has 0 saturated carbocycles. The number of alkyl carbamates (subject to hydrolysis) is 2. The fourth-order valence-electron chi connectivity index (χ4n) is 10.1. The number of thiophene rings is 1. The number of ether oxygens (including phenoxy) is 2. The largest absolute Gasteiger partial charge is 0.453 e. The van der Waals surface area contributed by atoms with Crippen LogP contribution in [0.5, 0.6) is 0 Å². The van der Waals surface area contributed by atoms with E-state index in [2.05, 4.69) is 88.9 Å². The van der Waals surface area contributed by atoms with Gasteiger partial charge in [0.1, 0.15) is 23.7 Å². The fourth-order valence-corrected chi connectivity index (χ4v) is 11.1. The van der Waals surface area contributed by atoms with Crippen LogP contribution in [0.3, 0.4) is 0 Å². The molecule has 4 N–H and O–H groups in total. The van der Waals surface area contributed by atoms with Gasteiger partial charge in [-0.3, -0.25) is 14.5 Å². The number of rotatable bonds is 12. The van der Waals surface area contributed by atoms with E-state index in [1.54, 1.807) is 11.3 Å². The van der Waals surface area contributed by atoms with E-state index in [1.165, 1.54) is 41.4 Å². The molecule has 2 aromatic carbocycles. The van der Waals surface area contributed by atoms with E-state index in [4.69, 9.17) is 19.4 Å². The van der Waals surface area contributed by atoms with Gasteiger partial charge >= 0.3 is 12.2 Å². The highest BCUT2D eigenvalue weighted by molar-refractivity contribution is 7.18. The lowest BCUT2D eigenvalue weighted by Crippen LogP contribution is -2.51. The monoisotopic (exact) mass is 891 g/mol.